The number of hydrogen-bond donors (Lipinski definition) is 1. The van der Waals surface area contributed by atoms with Crippen LogP contribution < -0.4 is 5.32 Å². The van der Waals surface area contributed by atoms with Gasteiger partial charge in [0.05, 0.1) is 0 Å². The molecule has 0 saturated heterocycles. The summed E-state index contributed by atoms with van der Waals surface area (Å²) >= 11 is 0. The van der Waals surface area contributed by atoms with Crippen molar-refractivity contribution in [3.8, 4) is 0 Å². The van der Waals surface area contributed by atoms with E-state index in [1.54, 1.807) is 4.90 Å². The maximum absolute atomic E-state index is 13.0. The van der Waals surface area contributed by atoms with Gasteiger partial charge in [0.2, 0.25) is 5.91 Å². The Bertz CT molecular complexity index is 659. The van der Waals surface area contributed by atoms with Crippen LogP contribution in [0, 0.1) is 23.2 Å². The molecular weight excluding hydrogens is 324 g/mol. The maximum Gasteiger partial charge on any atom is 0.253 e. The van der Waals surface area contributed by atoms with Crippen molar-refractivity contribution in [1.82, 2.24) is 10.2 Å². The summed E-state index contributed by atoms with van der Waals surface area (Å²) in [7, 11) is 1.81. The van der Waals surface area contributed by atoms with Gasteiger partial charge in [-0.15, -0.1) is 0 Å². The predicted octanol–water partition coefficient (Wildman–Crippen LogP) is 3.61. The van der Waals surface area contributed by atoms with Gasteiger partial charge in [0.15, 0.2) is 0 Å². The van der Waals surface area contributed by atoms with Crippen molar-refractivity contribution >= 4 is 11.8 Å². The molecule has 4 bridgehead atoms. The van der Waals surface area contributed by atoms with E-state index in [0.29, 0.717) is 18.7 Å². The maximum atomic E-state index is 13.0. The van der Waals surface area contributed by atoms with E-state index in [0.717, 1.165) is 42.6 Å². The quantitative estimate of drug-likeness (QED) is 0.878. The molecule has 4 heteroatoms. The summed E-state index contributed by atoms with van der Waals surface area (Å²) in [5.41, 5.74) is 1.67. The summed E-state index contributed by atoms with van der Waals surface area (Å²) in [6, 6.07) is 7.63. The van der Waals surface area contributed by atoms with Gasteiger partial charge in [-0.05, 0) is 80.9 Å². The number of benzene rings is 1. The van der Waals surface area contributed by atoms with E-state index in [1.165, 1.54) is 19.3 Å². The largest absolute Gasteiger partial charge is 0.352 e. The summed E-state index contributed by atoms with van der Waals surface area (Å²) in [4.78, 5) is 26.9. The first-order chi connectivity index (χ1) is 12.5. The summed E-state index contributed by atoms with van der Waals surface area (Å²) in [6.07, 6.45) is 7.36. The first-order valence-corrected chi connectivity index (χ1v) is 10.1. The standard InChI is InChI=1S/C22H30N2O2/c1-3-24(2)20(25)19-6-4-15(5-7-19)14-23-21(26)22-11-16-8-17(12-22)10-18(9-16)13-22/h4-7,16-18H,3,8-14H2,1-2H3,(H,23,26). The molecule has 4 nitrogen and oxygen atoms in total. The number of carbonyl (C=O) groups excluding carboxylic acids is 2. The lowest BCUT2D eigenvalue weighted by molar-refractivity contribution is -0.146. The Labute approximate surface area is 156 Å². The van der Waals surface area contributed by atoms with Gasteiger partial charge in [0.25, 0.3) is 5.91 Å². The van der Waals surface area contributed by atoms with Gasteiger partial charge in [-0.2, -0.15) is 0 Å². The van der Waals surface area contributed by atoms with Crippen LogP contribution in [0.5, 0.6) is 0 Å². The van der Waals surface area contributed by atoms with Crippen LogP contribution in [0.15, 0.2) is 24.3 Å². The van der Waals surface area contributed by atoms with Crippen LogP contribution in [-0.4, -0.2) is 30.3 Å². The zero-order valence-electron chi connectivity index (χ0n) is 16.0. The molecule has 2 amide bonds. The van der Waals surface area contributed by atoms with Crippen LogP contribution in [0.3, 0.4) is 0 Å². The van der Waals surface area contributed by atoms with Crippen molar-refractivity contribution in [1.29, 1.82) is 0 Å². The number of nitrogens with zero attached hydrogens (tertiary/aromatic N) is 1. The van der Waals surface area contributed by atoms with Gasteiger partial charge in [-0.3, -0.25) is 9.59 Å². The van der Waals surface area contributed by atoms with Crippen molar-refractivity contribution < 1.29 is 9.59 Å². The Morgan fingerprint density at radius 1 is 1.04 bits per heavy atom. The molecule has 4 fully saturated rings. The summed E-state index contributed by atoms with van der Waals surface area (Å²) in [6.45, 7) is 3.21. The SMILES string of the molecule is CCN(C)C(=O)c1ccc(CNC(=O)C23CC4CC(CC(C4)C2)C3)cc1. The van der Waals surface area contributed by atoms with E-state index in [2.05, 4.69) is 5.32 Å². The third-order valence-electron chi connectivity index (χ3n) is 6.99. The molecule has 0 unspecified atom stereocenters. The van der Waals surface area contributed by atoms with E-state index >= 15 is 0 Å². The first-order valence-electron chi connectivity index (χ1n) is 10.1. The second kappa shape index (κ2) is 6.71. The molecule has 0 aromatic heterocycles. The highest BCUT2D eigenvalue weighted by Gasteiger charge is 2.54. The normalized spacial score (nSPS) is 31.7. The highest BCUT2D eigenvalue weighted by atomic mass is 16.2. The Morgan fingerprint density at radius 3 is 2.08 bits per heavy atom. The molecule has 4 aliphatic rings. The predicted molar refractivity (Wildman–Crippen MR) is 102 cm³/mol. The average molecular weight is 354 g/mol. The topological polar surface area (TPSA) is 49.4 Å². The van der Waals surface area contributed by atoms with Crippen molar-refractivity contribution in [2.45, 2.75) is 52.0 Å². The molecule has 4 saturated carbocycles. The van der Waals surface area contributed by atoms with E-state index < -0.39 is 0 Å². The van der Waals surface area contributed by atoms with Crippen LogP contribution in [0.4, 0.5) is 0 Å². The Hall–Kier alpha value is -1.84. The van der Waals surface area contributed by atoms with Crippen LogP contribution in [0.2, 0.25) is 0 Å². The van der Waals surface area contributed by atoms with Gasteiger partial charge in [-0.1, -0.05) is 12.1 Å². The summed E-state index contributed by atoms with van der Waals surface area (Å²) < 4.78 is 0. The highest BCUT2D eigenvalue weighted by Crippen LogP contribution is 2.60. The van der Waals surface area contributed by atoms with Crippen molar-refractivity contribution in [3.63, 3.8) is 0 Å². The van der Waals surface area contributed by atoms with Crippen LogP contribution in [-0.2, 0) is 11.3 Å². The molecule has 4 aliphatic carbocycles. The molecule has 1 aromatic rings. The van der Waals surface area contributed by atoms with Gasteiger partial charge in [0, 0.05) is 31.1 Å². The molecule has 1 aromatic carbocycles. The molecule has 5 rings (SSSR count). The minimum Gasteiger partial charge on any atom is -0.352 e. The fourth-order valence-corrected chi connectivity index (χ4v) is 5.89. The molecule has 0 atom stereocenters. The fraction of sp³-hybridized carbons (Fsp3) is 0.636. The fourth-order valence-electron chi connectivity index (χ4n) is 5.89. The van der Waals surface area contributed by atoms with Gasteiger partial charge in [0.1, 0.15) is 0 Å². The molecule has 0 spiro atoms. The lowest BCUT2D eigenvalue weighted by Gasteiger charge is -2.55. The van der Waals surface area contributed by atoms with Crippen molar-refractivity contribution in [2.24, 2.45) is 23.2 Å². The zero-order chi connectivity index (χ0) is 18.3. The van der Waals surface area contributed by atoms with Crippen LogP contribution in [0.1, 0.15) is 61.4 Å². The van der Waals surface area contributed by atoms with E-state index in [1.807, 2.05) is 38.2 Å². The Balaban J connectivity index is 1.37. The average Bonchev–Trinajstić information content (AvgIpc) is 2.64. The number of rotatable bonds is 5. The lowest BCUT2D eigenvalue weighted by Crippen LogP contribution is -2.53. The van der Waals surface area contributed by atoms with Crippen LogP contribution >= 0.6 is 0 Å². The minimum atomic E-state index is -0.0888. The molecule has 0 heterocycles. The number of carbonyl (C=O) groups is 2. The van der Waals surface area contributed by atoms with E-state index in [9.17, 15) is 9.59 Å². The van der Waals surface area contributed by atoms with Crippen molar-refractivity contribution in [3.05, 3.63) is 35.4 Å². The second-order valence-corrected chi connectivity index (χ2v) is 8.90. The van der Waals surface area contributed by atoms with Gasteiger partial charge < -0.3 is 10.2 Å². The third-order valence-corrected chi connectivity index (χ3v) is 6.99. The summed E-state index contributed by atoms with van der Waals surface area (Å²) in [5, 5.41) is 3.20. The number of amides is 2. The molecule has 0 aliphatic heterocycles. The third kappa shape index (κ3) is 3.15. The van der Waals surface area contributed by atoms with Gasteiger partial charge >= 0.3 is 0 Å². The monoisotopic (exact) mass is 354 g/mol. The molecule has 26 heavy (non-hydrogen) atoms. The second-order valence-electron chi connectivity index (χ2n) is 8.90. The molecule has 0 radical (unpaired) electrons. The zero-order valence-corrected chi connectivity index (χ0v) is 16.0. The molecular formula is C22H30N2O2. The highest BCUT2D eigenvalue weighted by molar-refractivity contribution is 5.94. The van der Waals surface area contributed by atoms with Crippen LogP contribution in [0.25, 0.3) is 0 Å². The Kier molecular flexibility index (Phi) is 4.54. The smallest absolute Gasteiger partial charge is 0.253 e. The Morgan fingerprint density at radius 2 is 1.58 bits per heavy atom. The van der Waals surface area contributed by atoms with E-state index in [4.69, 9.17) is 0 Å². The lowest BCUT2D eigenvalue weighted by atomic mass is 9.49. The number of hydrogen-bond acceptors (Lipinski definition) is 2. The van der Waals surface area contributed by atoms with Gasteiger partial charge in [-0.25, -0.2) is 0 Å². The first kappa shape index (κ1) is 17.6. The molecule has 1 N–H and O–H groups in total. The van der Waals surface area contributed by atoms with Crippen molar-refractivity contribution in [2.75, 3.05) is 13.6 Å². The van der Waals surface area contributed by atoms with E-state index in [-0.39, 0.29) is 17.2 Å². The number of nitrogens with one attached hydrogen (secondary N) is 1. The summed E-state index contributed by atoms with van der Waals surface area (Å²) in [5.74, 6) is 2.66. The minimum absolute atomic E-state index is 0.0386. The molecule has 140 valence electrons.